The number of amides is 1. The molecule has 0 heterocycles. The lowest BCUT2D eigenvalue weighted by atomic mass is 10.1. The lowest BCUT2D eigenvalue weighted by Crippen LogP contribution is -2.20. The molecule has 0 spiro atoms. The number of benzene rings is 3. The summed E-state index contributed by atoms with van der Waals surface area (Å²) in [5.74, 6) is -0.272. The van der Waals surface area contributed by atoms with Crippen LogP contribution in [0.1, 0.15) is 23.6 Å². The van der Waals surface area contributed by atoms with Gasteiger partial charge in [-0.3, -0.25) is 4.79 Å². The van der Waals surface area contributed by atoms with Crippen molar-refractivity contribution < 1.29 is 19.1 Å². The van der Waals surface area contributed by atoms with Gasteiger partial charge in [0, 0.05) is 16.8 Å². The highest BCUT2D eigenvalue weighted by molar-refractivity contribution is 6.30. The number of esters is 1. The first-order chi connectivity index (χ1) is 15.5. The second-order valence-electron chi connectivity index (χ2n) is 7.02. The molecule has 0 aromatic heterocycles. The van der Waals surface area contributed by atoms with Crippen molar-refractivity contribution in [2.75, 3.05) is 11.9 Å². The molecule has 0 aliphatic rings. The number of carbonyl (C=O) groups excluding carboxylic acids is 2. The van der Waals surface area contributed by atoms with Crippen molar-refractivity contribution in [3.05, 3.63) is 101 Å². The Hall–Kier alpha value is -3.57. The van der Waals surface area contributed by atoms with Gasteiger partial charge in [0.2, 0.25) is 0 Å². The summed E-state index contributed by atoms with van der Waals surface area (Å²) in [5, 5.41) is 3.38. The van der Waals surface area contributed by atoms with E-state index < -0.39 is 11.9 Å². The van der Waals surface area contributed by atoms with Gasteiger partial charge >= 0.3 is 5.97 Å². The topological polar surface area (TPSA) is 64.6 Å². The molecule has 0 atom stereocenters. The van der Waals surface area contributed by atoms with E-state index in [1.54, 1.807) is 6.08 Å². The summed E-state index contributed by atoms with van der Waals surface area (Å²) < 4.78 is 10.7. The average Bonchev–Trinajstić information content (AvgIpc) is 2.82. The lowest BCUT2D eigenvalue weighted by Gasteiger charge is -2.07. The first-order valence-electron chi connectivity index (χ1n) is 10.2. The number of nitrogens with one attached hydrogen (secondary N) is 1. The van der Waals surface area contributed by atoms with Crippen LogP contribution < -0.4 is 10.1 Å². The lowest BCUT2D eigenvalue weighted by molar-refractivity contribution is -0.142. The Morgan fingerprint density at radius 1 is 0.906 bits per heavy atom. The SMILES string of the molecule is CCc1ccc(NC(=O)COC(=O)C=Cc2ccc(OCc3ccc(Cl)cc3)cc2)cc1. The molecule has 1 amide bonds. The van der Waals surface area contributed by atoms with Crippen LogP contribution in [0, 0.1) is 0 Å². The van der Waals surface area contributed by atoms with Crippen molar-refractivity contribution in [2.24, 2.45) is 0 Å². The van der Waals surface area contributed by atoms with Gasteiger partial charge < -0.3 is 14.8 Å². The second kappa shape index (κ2) is 11.7. The van der Waals surface area contributed by atoms with Crippen LogP contribution in [0.5, 0.6) is 5.75 Å². The van der Waals surface area contributed by atoms with Crippen LogP contribution in [0.2, 0.25) is 5.02 Å². The largest absolute Gasteiger partial charge is 0.489 e. The first kappa shape index (κ1) is 23.1. The van der Waals surface area contributed by atoms with Crippen LogP contribution in [-0.2, 0) is 27.4 Å². The summed E-state index contributed by atoms with van der Waals surface area (Å²) in [6, 6.07) is 22.3. The van der Waals surface area contributed by atoms with Gasteiger partial charge in [0.25, 0.3) is 5.91 Å². The molecular weight excluding hydrogens is 426 g/mol. The molecule has 3 aromatic carbocycles. The van der Waals surface area contributed by atoms with Gasteiger partial charge in [-0.1, -0.05) is 54.9 Å². The molecule has 32 heavy (non-hydrogen) atoms. The van der Waals surface area contributed by atoms with Crippen LogP contribution >= 0.6 is 11.6 Å². The molecule has 3 rings (SSSR count). The van der Waals surface area contributed by atoms with Gasteiger partial charge in [0.05, 0.1) is 0 Å². The molecule has 3 aromatic rings. The van der Waals surface area contributed by atoms with E-state index >= 15 is 0 Å². The number of hydrogen-bond acceptors (Lipinski definition) is 4. The maximum atomic E-state index is 11.9. The quantitative estimate of drug-likeness (QED) is 0.337. The molecular formula is C26H24ClNO4. The summed E-state index contributed by atoms with van der Waals surface area (Å²) in [7, 11) is 0. The minimum absolute atomic E-state index is 0.351. The van der Waals surface area contributed by atoms with Crippen LogP contribution in [0.25, 0.3) is 6.08 Å². The summed E-state index contributed by atoms with van der Waals surface area (Å²) in [5.41, 5.74) is 3.67. The Morgan fingerprint density at radius 2 is 1.56 bits per heavy atom. The monoisotopic (exact) mass is 449 g/mol. The molecule has 0 unspecified atom stereocenters. The van der Waals surface area contributed by atoms with Gasteiger partial charge in [-0.05, 0) is 65.6 Å². The van der Waals surface area contributed by atoms with Gasteiger partial charge in [-0.2, -0.15) is 0 Å². The summed E-state index contributed by atoms with van der Waals surface area (Å²) in [4.78, 5) is 23.8. The van der Waals surface area contributed by atoms with Crippen molar-refractivity contribution in [2.45, 2.75) is 20.0 Å². The molecule has 0 aliphatic carbocycles. The fraction of sp³-hybridized carbons (Fsp3) is 0.154. The number of ether oxygens (including phenoxy) is 2. The summed E-state index contributed by atoms with van der Waals surface area (Å²) in [6.45, 7) is 2.14. The van der Waals surface area contributed by atoms with Crippen LogP contribution in [0.15, 0.2) is 78.9 Å². The zero-order valence-corrected chi connectivity index (χ0v) is 18.5. The van der Waals surface area contributed by atoms with E-state index in [-0.39, 0.29) is 6.61 Å². The Labute approximate surface area is 192 Å². The molecule has 0 aliphatic heterocycles. The van der Waals surface area contributed by atoms with Crippen molar-refractivity contribution in [3.63, 3.8) is 0 Å². The third-order valence-electron chi connectivity index (χ3n) is 4.60. The van der Waals surface area contributed by atoms with E-state index in [1.807, 2.05) is 72.8 Å². The van der Waals surface area contributed by atoms with E-state index in [4.69, 9.17) is 21.1 Å². The van der Waals surface area contributed by atoms with Gasteiger partial charge in [0.15, 0.2) is 6.61 Å². The minimum atomic E-state index is -0.593. The molecule has 0 saturated carbocycles. The van der Waals surface area contributed by atoms with Crippen molar-refractivity contribution in [1.82, 2.24) is 0 Å². The molecule has 0 radical (unpaired) electrons. The Kier molecular flexibility index (Phi) is 8.46. The number of halogens is 1. The first-order valence-corrected chi connectivity index (χ1v) is 10.6. The normalized spacial score (nSPS) is 10.7. The van der Waals surface area contributed by atoms with Crippen molar-refractivity contribution in [1.29, 1.82) is 0 Å². The number of aryl methyl sites for hydroxylation is 1. The molecule has 0 fully saturated rings. The molecule has 0 bridgehead atoms. The number of rotatable bonds is 9. The maximum Gasteiger partial charge on any atom is 0.331 e. The molecule has 6 heteroatoms. The van der Waals surface area contributed by atoms with E-state index in [1.165, 1.54) is 11.6 Å². The maximum absolute atomic E-state index is 11.9. The fourth-order valence-electron chi connectivity index (χ4n) is 2.79. The highest BCUT2D eigenvalue weighted by atomic mass is 35.5. The molecule has 1 N–H and O–H groups in total. The molecule has 0 saturated heterocycles. The highest BCUT2D eigenvalue weighted by Gasteiger charge is 2.06. The fourth-order valence-corrected chi connectivity index (χ4v) is 2.92. The van der Waals surface area contributed by atoms with Crippen molar-refractivity contribution >= 4 is 35.2 Å². The predicted octanol–water partition coefficient (Wildman–Crippen LogP) is 5.68. The summed E-state index contributed by atoms with van der Waals surface area (Å²) >= 11 is 5.88. The van der Waals surface area contributed by atoms with Crippen LogP contribution in [0.4, 0.5) is 5.69 Å². The number of anilines is 1. The van der Waals surface area contributed by atoms with E-state index in [0.29, 0.717) is 23.1 Å². The van der Waals surface area contributed by atoms with Gasteiger partial charge in [-0.25, -0.2) is 4.79 Å². The van der Waals surface area contributed by atoms with Crippen molar-refractivity contribution in [3.8, 4) is 5.75 Å². The molecule has 5 nitrogen and oxygen atoms in total. The zero-order valence-electron chi connectivity index (χ0n) is 17.7. The smallest absolute Gasteiger partial charge is 0.331 e. The van der Waals surface area contributed by atoms with E-state index in [9.17, 15) is 9.59 Å². The number of carbonyl (C=O) groups is 2. The average molecular weight is 450 g/mol. The third-order valence-corrected chi connectivity index (χ3v) is 4.85. The zero-order chi connectivity index (χ0) is 22.8. The Balaban J connectivity index is 1.41. The third kappa shape index (κ3) is 7.60. The second-order valence-corrected chi connectivity index (χ2v) is 7.46. The summed E-state index contributed by atoms with van der Waals surface area (Å²) in [6.07, 6.45) is 3.83. The Morgan fingerprint density at radius 3 is 2.22 bits per heavy atom. The van der Waals surface area contributed by atoms with E-state index in [0.717, 1.165) is 17.5 Å². The predicted molar refractivity (Wildman–Crippen MR) is 127 cm³/mol. The number of hydrogen-bond donors (Lipinski definition) is 1. The standard InChI is InChI=1S/C26H24ClNO4/c1-2-19-5-12-23(13-6-19)28-25(29)18-32-26(30)16-9-20-7-14-24(15-8-20)31-17-21-3-10-22(27)11-4-21/h3-16H,2,17-18H2,1H3,(H,28,29). The van der Waals surface area contributed by atoms with Gasteiger partial charge in [-0.15, -0.1) is 0 Å². The Bertz CT molecular complexity index is 1060. The van der Waals surface area contributed by atoms with Gasteiger partial charge in [0.1, 0.15) is 12.4 Å². The van der Waals surface area contributed by atoms with Crippen LogP contribution in [0.3, 0.4) is 0 Å². The minimum Gasteiger partial charge on any atom is -0.489 e. The molecule has 164 valence electrons. The van der Waals surface area contributed by atoms with E-state index in [2.05, 4.69) is 12.2 Å². The van der Waals surface area contributed by atoms with Crippen LogP contribution in [-0.4, -0.2) is 18.5 Å². The highest BCUT2D eigenvalue weighted by Crippen LogP contribution is 2.16.